The fourth-order valence-corrected chi connectivity index (χ4v) is 3.53. The van der Waals surface area contributed by atoms with E-state index in [1.165, 1.54) is 30.2 Å². The Morgan fingerprint density at radius 3 is 2.72 bits per heavy atom. The number of amides is 1. The Morgan fingerprint density at radius 2 is 2.00 bits per heavy atom. The first-order valence-electron chi connectivity index (χ1n) is 8.62. The normalized spacial score (nSPS) is 16.2. The number of nitrogens with one attached hydrogen (secondary N) is 1. The van der Waals surface area contributed by atoms with Crippen LogP contribution in [0.1, 0.15) is 32.1 Å². The van der Waals surface area contributed by atoms with Gasteiger partial charge in [-0.1, -0.05) is 31.4 Å². The minimum absolute atomic E-state index is 0. The summed E-state index contributed by atoms with van der Waals surface area (Å²) in [6.45, 7) is 0.404. The summed E-state index contributed by atoms with van der Waals surface area (Å²) in [5.74, 6) is 0.259. The minimum Gasteiger partial charge on any atom is -0.350 e. The number of carbonyl (C=O) groups is 1. The predicted octanol–water partition coefficient (Wildman–Crippen LogP) is 1.84. The van der Waals surface area contributed by atoms with E-state index in [1.54, 1.807) is 18.2 Å². The molecule has 2 aromatic rings. The maximum Gasteiger partial charge on any atom is 0.261 e. The number of hydrogen-bond donors (Lipinski definition) is 2. The summed E-state index contributed by atoms with van der Waals surface area (Å²) in [5.41, 5.74) is 6.30. The van der Waals surface area contributed by atoms with Gasteiger partial charge in [-0.3, -0.25) is 14.2 Å². The van der Waals surface area contributed by atoms with E-state index in [0.29, 0.717) is 23.4 Å². The average Bonchev–Trinajstić information content (AvgIpc) is 2.63. The highest BCUT2D eigenvalue weighted by Gasteiger charge is 2.24. The van der Waals surface area contributed by atoms with Gasteiger partial charge in [0.25, 0.3) is 5.56 Å². The van der Waals surface area contributed by atoms with Crippen LogP contribution in [-0.4, -0.2) is 28.0 Å². The molecule has 1 aliphatic carbocycles. The molecule has 0 bridgehead atoms. The van der Waals surface area contributed by atoms with Gasteiger partial charge >= 0.3 is 0 Å². The second-order valence-corrected chi connectivity index (χ2v) is 6.50. The van der Waals surface area contributed by atoms with Crippen LogP contribution >= 0.6 is 12.4 Å². The van der Waals surface area contributed by atoms with Crippen molar-refractivity contribution in [3.63, 3.8) is 0 Å². The van der Waals surface area contributed by atoms with Gasteiger partial charge in [-0.15, -0.1) is 12.4 Å². The fourth-order valence-electron chi connectivity index (χ4n) is 3.53. The van der Waals surface area contributed by atoms with E-state index >= 15 is 0 Å². The summed E-state index contributed by atoms with van der Waals surface area (Å²) in [6, 6.07) is 7.13. The number of halogens is 1. The van der Waals surface area contributed by atoms with Crippen LogP contribution in [0.2, 0.25) is 0 Å². The molecule has 1 saturated carbocycles. The van der Waals surface area contributed by atoms with Crippen molar-refractivity contribution in [3.8, 4) is 0 Å². The lowest BCUT2D eigenvalue weighted by Gasteiger charge is -2.30. The zero-order valence-electron chi connectivity index (χ0n) is 14.2. The summed E-state index contributed by atoms with van der Waals surface area (Å²) in [4.78, 5) is 29.0. The SMILES string of the molecule is Cl.NCC(NC(=O)Cn1cnc2ccccc2c1=O)C1CCCCC1. The second-order valence-electron chi connectivity index (χ2n) is 6.50. The van der Waals surface area contributed by atoms with Crippen molar-refractivity contribution >= 4 is 29.2 Å². The molecule has 1 aliphatic rings. The molecule has 1 aromatic heterocycles. The van der Waals surface area contributed by atoms with Crippen molar-refractivity contribution in [1.82, 2.24) is 14.9 Å². The van der Waals surface area contributed by atoms with E-state index in [4.69, 9.17) is 5.73 Å². The summed E-state index contributed by atoms with van der Waals surface area (Å²) in [6.07, 6.45) is 7.32. The van der Waals surface area contributed by atoms with Crippen LogP contribution in [0, 0.1) is 5.92 Å². The predicted molar refractivity (Wildman–Crippen MR) is 101 cm³/mol. The lowest BCUT2D eigenvalue weighted by atomic mass is 9.84. The Kier molecular flexibility index (Phi) is 6.96. The largest absolute Gasteiger partial charge is 0.350 e. The van der Waals surface area contributed by atoms with Gasteiger partial charge in [0.05, 0.1) is 17.2 Å². The Morgan fingerprint density at radius 1 is 1.28 bits per heavy atom. The van der Waals surface area contributed by atoms with Crippen LogP contribution in [0.25, 0.3) is 10.9 Å². The zero-order chi connectivity index (χ0) is 16.9. The summed E-state index contributed by atoms with van der Waals surface area (Å²) < 4.78 is 1.35. The number of nitrogens with two attached hydrogens (primary N) is 1. The van der Waals surface area contributed by atoms with Crippen molar-refractivity contribution in [1.29, 1.82) is 0 Å². The Hall–Kier alpha value is -1.92. The topological polar surface area (TPSA) is 90.0 Å². The maximum absolute atomic E-state index is 12.4. The van der Waals surface area contributed by atoms with Crippen molar-refractivity contribution in [2.45, 2.75) is 44.7 Å². The van der Waals surface area contributed by atoms with E-state index in [1.807, 2.05) is 6.07 Å². The second kappa shape index (κ2) is 8.97. The van der Waals surface area contributed by atoms with Gasteiger partial charge in [-0.25, -0.2) is 4.98 Å². The third-order valence-corrected chi connectivity index (χ3v) is 4.86. The Balaban J connectivity index is 0.00000225. The van der Waals surface area contributed by atoms with E-state index in [2.05, 4.69) is 10.3 Å². The van der Waals surface area contributed by atoms with Gasteiger partial charge in [-0.05, 0) is 30.9 Å². The van der Waals surface area contributed by atoms with Gasteiger partial charge in [0.1, 0.15) is 6.54 Å². The third-order valence-electron chi connectivity index (χ3n) is 4.86. The minimum atomic E-state index is -0.197. The Labute approximate surface area is 153 Å². The first kappa shape index (κ1) is 19.4. The molecule has 25 heavy (non-hydrogen) atoms. The van der Waals surface area contributed by atoms with Crippen molar-refractivity contribution in [2.24, 2.45) is 11.7 Å². The van der Waals surface area contributed by atoms with Gasteiger partial charge in [-0.2, -0.15) is 0 Å². The van der Waals surface area contributed by atoms with Crippen molar-refractivity contribution in [3.05, 3.63) is 40.9 Å². The van der Waals surface area contributed by atoms with E-state index in [9.17, 15) is 9.59 Å². The van der Waals surface area contributed by atoms with E-state index < -0.39 is 0 Å². The van der Waals surface area contributed by atoms with Crippen LogP contribution in [-0.2, 0) is 11.3 Å². The number of fused-ring (bicyclic) bond motifs is 1. The summed E-state index contributed by atoms with van der Waals surface area (Å²) >= 11 is 0. The number of para-hydroxylation sites is 1. The molecular formula is C18H25ClN4O2. The third kappa shape index (κ3) is 4.58. The molecule has 3 N–H and O–H groups in total. The molecule has 0 aliphatic heterocycles. The van der Waals surface area contributed by atoms with Crippen LogP contribution in [0.3, 0.4) is 0 Å². The molecule has 1 unspecified atom stereocenters. The van der Waals surface area contributed by atoms with Gasteiger partial charge in [0, 0.05) is 12.6 Å². The standard InChI is InChI=1S/C18H24N4O2.ClH/c19-10-16(13-6-2-1-3-7-13)21-17(23)11-22-12-20-15-9-5-4-8-14(15)18(22)24;/h4-5,8-9,12-13,16H,1-3,6-7,10-11,19H2,(H,21,23);1H. The molecule has 3 rings (SSSR count). The molecule has 0 radical (unpaired) electrons. The number of nitrogens with zero attached hydrogens (tertiary/aromatic N) is 2. The number of aromatic nitrogens is 2. The number of rotatable bonds is 5. The van der Waals surface area contributed by atoms with Gasteiger partial charge in [0.2, 0.25) is 5.91 Å². The van der Waals surface area contributed by atoms with Gasteiger partial charge in [0.15, 0.2) is 0 Å². The Bertz CT molecular complexity index is 771. The average molecular weight is 365 g/mol. The van der Waals surface area contributed by atoms with E-state index in [0.717, 1.165) is 12.8 Å². The lowest BCUT2D eigenvalue weighted by molar-refractivity contribution is -0.122. The van der Waals surface area contributed by atoms with Crippen LogP contribution in [0.5, 0.6) is 0 Å². The first-order valence-corrected chi connectivity index (χ1v) is 8.62. The smallest absolute Gasteiger partial charge is 0.261 e. The molecule has 1 amide bonds. The molecule has 1 atom stereocenters. The van der Waals surface area contributed by atoms with Crippen molar-refractivity contribution < 1.29 is 4.79 Å². The van der Waals surface area contributed by atoms with Crippen LogP contribution in [0.15, 0.2) is 35.4 Å². The molecule has 1 heterocycles. The highest BCUT2D eigenvalue weighted by atomic mass is 35.5. The van der Waals surface area contributed by atoms with E-state index in [-0.39, 0.29) is 36.5 Å². The summed E-state index contributed by atoms with van der Waals surface area (Å²) in [7, 11) is 0. The monoisotopic (exact) mass is 364 g/mol. The molecular weight excluding hydrogens is 340 g/mol. The van der Waals surface area contributed by atoms with Gasteiger partial charge < -0.3 is 11.1 Å². The van der Waals surface area contributed by atoms with Crippen molar-refractivity contribution in [2.75, 3.05) is 6.54 Å². The van der Waals surface area contributed by atoms with Crippen LogP contribution < -0.4 is 16.6 Å². The molecule has 0 saturated heterocycles. The molecule has 136 valence electrons. The first-order chi connectivity index (χ1) is 11.7. The quantitative estimate of drug-likeness (QED) is 0.847. The molecule has 6 nitrogen and oxygen atoms in total. The molecule has 7 heteroatoms. The highest BCUT2D eigenvalue weighted by molar-refractivity contribution is 5.85. The maximum atomic E-state index is 12.4. The van der Waals surface area contributed by atoms with Crippen LogP contribution in [0.4, 0.5) is 0 Å². The number of carbonyl (C=O) groups excluding carboxylic acids is 1. The summed E-state index contributed by atoms with van der Waals surface area (Å²) in [5, 5.41) is 3.53. The lowest BCUT2D eigenvalue weighted by Crippen LogP contribution is -2.47. The fraction of sp³-hybridized carbons (Fsp3) is 0.500. The molecule has 1 fully saturated rings. The number of hydrogen-bond acceptors (Lipinski definition) is 4. The number of benzene rings is 1. The highest BCUT2D eigenvalue weighted by Crippen LogP contribution is 2.26. The molecule has 1 aromatic carbocycles. The molecule has 0 spiro atoms. The zero-order valence-corrected chi connectivity index (χ0v) is 15.0.